The van der Waals surface area contributed by atoms with Gasteiger partial charge in [-0.3, -0.25) is 0 Å². The van der Waals surface area contributed by atoms with Gasteiger partial charge in [0, 0.05) is 19.1 Å². The first-order chi connectivity index (χ1) is 8.07. The predicted molar refractivity (Wildman–Crippen MR) is 70.6 cm³/mol. The van der Waals surface area contributed by atoms with Crippen molar-refractivity contribution < 1.29 is 8.42 Å². The average Bonchev–Trinajstić information content (AvgIpc) is 2.76. The van der Waals surface area contributed by atoms with Crippen LogP contribution in [0.1, 0.15) is 26.7 Å². The molecule has 1 aliphatic heterocycles. The van der Waals surface area contributed by atoms with E-state index in [9.17, 15) is 8.42 Å². The van der Waals surface area contributed by atoms with Crippen molar-refractivity contribution in [3.63, 3.8) is 0 Å². The fourth-order valence-corrected chi connectivity index (χ4v) is 3.46. The summed E-state index contributed by atoms with van der Waals surface area (Å²) in [5.74, 6) is 0.214. The Morgan fingerprint density at radius 2 is 2.06 bits per heavy atom. The van der Waals surface area contributed by atoms with E-state index in [1.54, 1.807) is 0 Å². The number of hydrogen-bond donors (Lipinski definition) is 2. The summed E-state index contributed by atoms with van der Waals surface area (Å²) in [5, 5.41) is 3.20. The summed E-state index contributed by atoms with van der Waals surface area (Å²) in [5.41, 5.74) is 0. The molecule has 0 aliphatic carbocycles. The van der Waals surface area contributed by atoms with E-state index >= 15 is 0 Å². The van der Waals surface area contributed by atoms with Crippen LogP contribution in [0.5, 0.6) is 0 Å². The molecule has 0 radical (unpaired) electrons. The highest BCUT2D eigenvalue weighted by Crippen LogP contribution is 2.06. The number of sulfonamides is 1. The van der Waals surface area contributed by atoms with Crippen LogP contribution >= 0.6 is 0 Å². The molecule has 0 amide bonds. The van der Waals surface area contributed by atoms with Gasteiger partial charge in [-0.2, -0.15) is 0 Å². The topological polar surface area (TPSA) is 61.4 Å². The minimum Gasteiger partial charge on any atom is -0.313 e. The van der Waals surface area contributed by atoms with Crippen molar-refractivity contribution in [2.24, 2.45) is 0 Å². The van der Waals surface area contributed by atoms with Crippen LogP contribution in [-0.2, 0) is 10.0 Å². The van der Waals surface area contributed by atoms with E-state index in [2.05, 4.69) is 28.8 Å². The van der Waals surface area contributed by atoms with Gasteiger partial charge in [-0.05, 0) is 32.5 Å². The molecule has 0 aromatic heterocycles. The van der Waals surface area contributed by atoms with E-state index in [1.807, 2.05) is 0 Å². The second-order valence-corrected chi connectivity index (χ2v) is 6.35. The second kappa shape index (κ2) is 7.31. The van der Waals surface area contributed by atoms with E-state index < -0.39 is 10.0 Å². The van der Waals surface area contributed by atoms with Crippen molar-refractivity contribution >= 4 is 10.0 Å². The van der Waals surface area contributed by atoms with Crippen molar-refractivity contribution in [1.29, 1.82) is 0 Å². The first-order valence-corrected chi connectivity index (χ1v) is 8.15. The van der Waals surface area contributed by atoms with Gasteiger partial charge in [-0.1, -0.05) is 13.8 Å². The molecule has 2 N–H and O–H groups in total. The molecule has 1 unspecified atom stereocenters. The van der Waals surface area contributed by atoms with Gasteiger partial charge < -0.3 is 10.2 Å². The van der Waals surface area contributed by atoms with Crippen molar-refractivity contribution in [2.75, 3.05) is 38.5 Å². The van der Waals surface area contributed by atoms with Crippen molar-refractivity contribution in [1.82, 2.24) is 14.9 Å². The number of likely N-dealkylation sites (N-methyl/N-ethyl adjacent to an activating group) is 1. The molecule has 0 aromatic carbocycles. The molecule has 1 fully saturated rings. The van der Waals surface area contributed by atoms with Crippen LogP contribution in [-0.4, -0.2) is 57.8 Å². The Bertz CT molecular complexity index is 296. The fraction of sp³-hybridized carbons (Fsp3) is 1.00. The minimum absolute atomic E-state index is 0.140. The van der Waals surface area contributed by atoms with Crippen molar-refractivity contribution in [3.8, 4) is 0 Å². The molecule has 1 atom stereocenters. The predicted octanol–water partition coefficient (Wildman–Crippen LogP) is -0.000400. The van der Waals surface area contributed by atoms with Gasteiger partial charge in [0.05, 0.1) is 5.75 Å². The summed E-state index contributed by atoms with van der Waals surface area (Å²) < 4.78 is 26.2. The first kappa shape index (κ1) is 14.9. The molecule has 0 spiro atoms. The fourth-order valence-electron chi connectivity index (χ4n) is 2.12. The zero-order chi connectivity index (χ0) is 12.7. The average molecular weight is 263 g/mol. The van der Waals surface area contributed by atoms with Gasteiger partial charge in [0.15, 0.2) is 0 Å². The molecule has 6 heteroatoms. The third-order valence-electron chi connectivity index (χ3n) is 3.23. The molecule has 1 rings (SSSR count). The van der Waals surface area contributed by atoms with Crippen LogP contribution in [0.4, 0.5) is 0 Å². The third kappa shape index (κ3) is 5.81. The standard InChI is InChI=1S/C11H25N3O2S/c1-3-14(4-2)9-8-13-17(15,16)10-11-6-5-7-12-11/h11-13H,3-10H2,1-2H3. The van der Waals surface area contributed by atoms with Crippen molar-refractivity contribution in [3.05, 3.63) is 0 Å². The summed E-state index contributed by atoms with van der Waals surface area (Å²) in [6.45, 7) is 8.33. The Morgan fingerprint density at radius 1 is 1.35 bits per heavy atom. The lowest BCUT2D eigenvalue weighted by molar-refractivity contribution is 0.309. The second-order valence-electron chi connectivity index (χ2n) is 4.50. The summed E-state index contributed by atoms with van der Waals surface area (Å²) >= 11 is 0. The maximum Gasteiger partial charge on any atom is 0.213 e. The lowest BCUT2D eigenvalue weighted by Gasteiger charge is -2.18. The molecular formula is C11H25N3O2S. The van der Waals surface area contributed by atoms with Crippen LogP contribution in [0.2, 0.25) is 0 Å². The van der Waals surface area contributed by atoms with E-state index in [4.69, 9.17) is 0 Å². The SMILES string of the molecule is CCN(CC)CCNS(=O)(=O)CC1CCCN1. The zero-order valence-electron chi connectivity index (χ0n) is 10.9. The molecule has 0 saturated carbocycles. The van der Waals surface area contributed by atoms with Gasteiger partial charge >= 0.3 is 0 Å². The normalized spacial score (nSPS) is 21.2. The Balaban J connectivity index is 2.24. The number of nitrogens with zero attached hydrogens (tertiary/aromatic N) is 1. The van der Waals surface area contributed by atoms with Gasteiger partial charge in [0.1, 0.15) is 0 Å². The summed E-state index contributed by atoms with van der Waals surface area (Å²) in [4.78, 5) is 2.20. The highest BCUT2D eigenvalue weighted by molar-refractivity contribution is 7.89. The van der Waals surface area contributed by atoms with Gasteiger partial charge in [0.25, 0.3) is 0 Å². The van der Waals surface area contributed by atoms with E-state index in [0.717, 1.165) is 39.0 Å². The van der Waals surface area contributed by atoms with Crippen LogP contribution in [0.15, 0.2) is 0 Å². The molecular weight excluding hydrogens is 238 g/mol. The summed E-state index contributed by atoms with van der Waals surface area (Å²) in [7, 11) is -3.12. The molecule has 0 bridgehead atoms. The first-order valence-electron chi connectivity index (χ1n) is 6.50. The van der Waals surface area contributed by atoms with Crippen LogP contribution in [0, 0.1) is 0 Å². The lowest BCUT2D eigenvalue weighted by atomic mass is 10.3. The van der Waals surface area contributed by atoms with Crippen molar-refractivity contribution in [2.45, 2.75) is 32.7 Å². The van der Waals surface area contributed by atoms with E-state index in [1.165, 1.54) is 0 Å². The summed E-state index contributed by atoms with van der Waals surface area (Å²) in [6.07, 6.45) is 2.05. The maximum atomic E-state index is 11.8. The zero-order valence-corrected chi connectivity index (χ0v) is 11.7. The van der Waals surface area contributed by atoms with E-state index in [0.29, 0.717) is 6.54 Å². The Labute approximate surface area is 105 Å². The highest BCUT2D eigenvalue weighted by Gasteiger charge is 2.21. The lowest BCUT2D eigenvalue weighted by Crippen LogP contribution is -2.40. The van der Waals surface area contributed by atoms with Gasteiger partial charge in [0.2, 0.25) is 10.0 Å². The maximum absolute atomic E-state index is 11.8. The molecule has 1 aliphatic rings. The van der Waals surface area contributed by atoms with Gasteiger partial charge in [-0.15, -0.1) is 0 Å². The largest absolute Gasteiger partial charge is 0.313 e. The van der Waals surface area contributed by atoms with Gasteiger partial charge in [-0.25, -0.2) is 13.1 Å². The number of nitrogens with one attached hydrogen (secondary N) is 2. The number of hydrogen-bond acceptors (Lipinski definition) is 4. The molecule has 5 nitrogen and oxygen atoms in total. The molecule has 1 heterocycles. The molecule has 17 heavy (non-hydrogen) atoms. The number of rotatable bonds is 8. The van der Waals surface area contributed by atoms with Crippen LogP contribution in [0.25, 0.3) is 0 Å². The third-order valence-corrected chi connectivity index (χ3v) is 4.71. The minimum atomic E-state index is -3.12. The Hall–Kier alpha value is -0.170. The van der Waals surface area contributed by atoms with E-state index in [-0.39, 0.29) is 11.8 Å². The van der Waals surface area contributed by atoms with Crippen LogP contribution < -0.4 is 10.0 Å². The van der Waals surface area contributed by atoms with Crippen LogP contribution in [0.3, 0.4) is 0 Å². The Morgan fingerprint density at radius 3 is 2.59 bits per heavy atom. The Kier molecular flexibility index (Phi) is 6.40. The molecule has 0 aromatic rings. The quantitative estimate of drug-likeness (QED) is 0.647. The summed E-state index contributed by atoms with van der Waals surface area (Å²) in [6, 6.07) is 0.140. The smallest absolute Gasteiger partial charge is 0.213 e. The molecule has 102 valence electrons. The monoisotopic (exact) mass is 263 g/mol. The highest BCUT2D eigenvalue weighted by atomic mass is 32.2. The molecule has 1 saturated heterocycles.